The number of nitrogens with one attached hydrogen (secondary N) is 1. The van der Waals surface area contributed by atoms with Crippen molar-refractivity contribution in [1.82, 2.24) is 4.98 Å². The summed E-state index contributed by atoms with van der Waals surface area (Å²) in [5.74, 6) is 1.42. The van der Waals surface area contributed by atoms with Gasteiger partial charge in [-0.15, -0.1) is 12.6 Å². The van der Waals surface area contributed by atoms with Gasteiger partial charge in [-0.1, -0.05) is 0 Å². The average molecular weight is 350 g/mol. The molecule has 1 heterocycles. The second-order valence-electron chi connectivity index (χ2n) is 3.32. The molecule has 118 valence electrons. The SMILES string of the molecule is C[C-](C)C.[C-]1=CC=CC1.[CH3-].[CH3-].[CH3-].[CH3-].[Ru].[c-]1ccc[nH]1. The minimum atomic E-state index is 0. The van der Waals surface area contributed by atoms with Crippen molar-refractivity contribution < 1.29 is 19.5 Å². The number of rotatable bonds is 0. The quantitative estimate of drug-likeness (QED) is 0.467. The van der Waals surface area contributed by atoms with Gasteiger partial charge >= 0.3 is 0 Å². The van der Waals surface area contributed by atoms with Gasteiger partial charge in [-0.25, -0.2) is 12.2 Å². The standard InChI is InChI=1S/C5H5.C4H4N.C4H9.4CH3.Ru/c2*1-2-4-5-3-1;1-4(2)3;;;;;/h1-3H,4H2;1-3,5H;1-3H3;4*1H3;/q7*-1;. The van der Waals surface area contributed by atoms with Gasteiger partial charge in [0, 0.05) is 19.5 Å². The summed E-state index contributed by atoms with van der Waals surface area (Å²) < 4.78 is 0. The van der Waals surface area contributed by atoms with Crippen LogP contribution in [0.3, 0.4) is 0 Å². The van der Waals surface area contributed by atoms with Crippen molar-refractivity contribution in [2.45, 2.75) is 27.2 Å². The van der Waals surface area contributed by atoms with E-state index in [-0.39, 0.29) is 49.2 Å². The van der Waals surface area contributed by atoms with Crippen LogP contribution in [0.15, 0.2) is 36.6 Å². The molecule has 0 amide bonds. The summed E-state index contributed by atoms with van der Waals surface area (Å²) in [5, 5.41) is 0. The van der Waals surface area contributed by atoms with E-state index < -0.39 is 0 Å². The summed E-state index contributed by atoms with van der Waals surface area (Å²) in [7, 11) is 0. The van der Waals surface area contributed by atoms with E-state index in [2.05, 4.69) is 44.1 Å². The van der Waals surface area contributed by atoms with Crippen LogP contribution in [0.25, 0.3) is 0 Å². The third kappa shape index (κ3) is 46.7. The van der Waals surface area contributed by atoms with Crippen LogP contribution in [-0.2, 0) is 19.5 Å². The fourth-order valence-electron chi connectivity index (χ4n) is 0.581. The maximum Gasteiger partial charge on any atom is 0 e. The van der Waals surface area contributed by atoms with E-state index in [4.69, 9.17) is 0 Å². The molecule has 0 fully saturated rings. The van der Waals surface area contributed by atoms with Gasteiger partial charge in [-0.3, -0.25) is 6.08 Å². The second kappa shape index (κ2) is 30.4. The third-order valence-corrected chi connectivity index (χ3v) is 1.03. The Hall–Kier alpha value is -0.617. The topological polar surface area (TPSA) is 15.8 Å². The largest absolute Gasteiger partial charge is 0.484 e. The van der Waals surface area contributed by atoms with Crippen LogP contribution in [0.1, 0.15) is 27.2 Å². The molecular weight excluding hydrogens is 319 g/mol. The number of hydrogen-bond acceptors (Lipinski definition) is 0. The van der Waals surface area contributed by atoms with Crippen LogP contribution in [0.5, 0.6) is 0 Å². The molecule has 1 aromatic rings. The van der Waals surface area contributed by atoms with Gasteiger partial charge < -0.3 is 40.6 Å². The second-order valence-corrected chi connectivity index (χ2v) is 3.32. The van der Waals surface area contributed by atoms with Crippen LogP contribution >= 0.6 is 0 Å². The summed E-state index contributed by atoms with van der Waals surface area (Å²) in [6.07, 6.45) is 14.6. The Kier molecular flexibility index (Phi) is 58.0. The molecule has 1 N–H and O–H groups in total. The van der Waals surface area contributed by atoms with E-state index in [1.165, 1.54) is 5.92 Å². The summed E-state index contributed by atoms with van der Waals surface area (Å²) in [4.78, 5) is 2.74. The molecule has 1 nitrogen and oxygen atoms in total. The minimum Gasteiger partial charge on any atom is -0.484 e. The molecule has 0 saturated carbocycles. The molecule has 2 heteroatoms. The van der Waals surface area contributed by atoms with Crippen LogP contribution < -0.4 is 0 Å². The first-order valence-electron chi connectivity index (χ1n) is 4.71. The monoisotopic (exact) mass is 350 g/mol. The maximum atomic E-state index is 2.99. The van der Waals surface area contributed by atoms with Crippen LogP contribution in [0.2, 0.25) is 0 Å². The molecule has 0 atom stereocenters. The normalized spacial score (nSPS) is 8.63. The average Bonchev–Trinajstić information content (AvgIpc) is 2.83. The molecule has 2 rings (SSSR count). The predicted molar refractivity (Wildman–Crippen MR) is 87.1 cm³/mol. The zero-order valence-corrected chi connectivity index (χ0v) is 15.3. The minimum absolute atomic E-state index is 0. The summed E-state index contributed by atoms with van der Waals surface area (Å²) in [6, 6.07) is 3.71. The smallest absolute Gasteiger partial charge is 0 e. The summed E-state index contributed by atoms with van der Waals surface area (Å²) in [6.45, 7) is 6.25. The molecule has 1 aromatic heterocycles. The molecule has 0 bridgehead atoms. The molecule has 0 spiro atoms. The van der Waals surface area contributed by atoms with Crippen LogP contribution in [-0.4, -0.2) is 4.98 Å². The van der Waals surface area contributed by atoms with Crippen molar-refractivity contribution in [3.05, 3.63) is 84.5 Å². The van der Waals surface area contributed by atoms with E-state index in [0.717, 1.165) is 6.42 Å². The zero-order valence-electron chi connectivity index (χ0n) is 13.5. The van der Waals surface area contributed by atoms with Crippen LogP contribution in [0.4, 0.5) is 0 Å². The van der Waals surface area contributed by atoms with E-state index in [0.29, 0.717) is 0 Å². The molecule has 1 aliphatic rings. The maximum absolute atomic E-state index is 2.99. The van der Waals surface area contributed by atoms with Crippen molar-refractivity contribution in [3.8, 4) is 0 Å². The third-order valence-electron chi connectivity index (χ3n) is 1.03. The van der Waals surface area contributed by atoms with Crippen molar-refractivity contribution in [3.63, 3.8) is 0 Å². The first kappa shape index (κ1) is 36.2. The molecule has 0 radical (unpaired) electrons. The number of aromatic amines is 1. The van der Waals surface area contributed by atoms with Crippen molar-refractivity contribution in [1.29, 1.82) is 0 Å². The van der Waals surface area contributed by atoms with Gasteiger partial charge in [0.15, 0.2) is 0 Å². The number of hydrogen-bond donors (Lipinski definition) is 1. The van der Waals surface area contributed by atoms with E-state index in [1.54, 1.807) is 0 Å². The molecule has 1 aliphatic carbocycles. The predicted octanol–water partition coefficient (Wildman–Crippen LogP) is 5.54. The first-order valence-corrected chi connectivity index (χ1v) is 4.71. The van der Waals surface area contributed by atoms with Gasteiger partial charge in [0.1, 0.15) is 0 Å². The Balaban J connectivity index is -0.0000000297. The number of allylic oxidation sites excluding steroid dienone is 4. The van der Waals surface area contributed by atoms with Gasteiger partial charge in [-0.05, 0) is 0 Å². The van der Waals surface area contributed by atoms with Crippen molar-refractivity contribution in [2.75, 3.05) is 0 Å². The molecule has 0 unspecified atom stereocenters. The fourth-order valence-corrected chi connectivity index (χ4v) is 0.581. The first-order chi connectivity index (χ1) is 6.73. The van der Waals surface area contributed by atoms with Crippen molar-refractivity contribution in [2.24, 2.45) is 0 Å². The Labute approximate surface area is 136 Å². The van der Waals surface area contributed by atoms with Gasteiger partial charge in [0.05, 0.1) is 0 Å². The van der Waals surface area contributed by atoms with Gasteiger partial charge in [-0.2, -0.15) is 45.2 Å². The molecule has 0 aromatic carbocycles. The summed E-state index contributed by atoms with van der Waals surface area (Å²) in [5.41, 5.74) is 0. The van der Waals surface area contributed by atoms with E-state index >= 15 is 0 Å². The summed E-state index contributed by atoms with van der Waals surface area (Å²) >= 11 is 0. The van der Waals surface area contributed by atoms with Gasteiger partial charge in [0.2, 0.25) is 0 Å². The number of H-pyrrole nitrogens is 1. The molecule has 0 aliphatic heterocycles. The number of aromatic nitrogens is 1. The van der Waals surface area contributed by atoms with E-state index in [1.807, 2.05) is 30.5 Å². The Morgan fingerprint density at radius 1 is 1.05 bits per heavy atom. The zero-order chi connectivity index (χ0) is 10.6. The van der Waals surface area contributed by atoms with Crippen molar-refractivity contribution >= 4 is 0 Å². The molecule has 0 saturated heterocycles. The van der Waals surface area contributed by atoms with E-state index in [9.17, 15) is 0 Å². The van der Waals surface area contributed by atoms with Gasteiger partial charge in [0.25, 0.3) is 0 Å². The molecule has 19 heavy (non-hydrogen) atoms. The van der Waals surface area contributed by atoms with Crippen LogP contribution in [0, 0.1) is 47.9 Å². The Morgan fingerprint density at radius 2 is 1.58 bits per heavy atom. The molecular formula is C17H30NRu-7. The Morgan fingerprint density at radius 3 is 1.68 bits per heavy atom. The Bertz CT molecular complexity index is 206. The fraction of sp³-hybridized carbons (Fsp3) is 0.235.